The summed E-state index contributed by atoms with van der Waals surface area (Å²) >= 11 is 0. The molecule has 0 fully saturated rings. The van der Waals surface area contributed by atoms with Crippen LogP contribution in [0.1, 0.15) is 22.9 Å². The number of carbonyl (C=O) groups is 1. The van der Waals surface area contributed by atoms with Gasteiger partial charge in [0.15, 0.2) is 6.04 Å². The molecule has 0 radical (unpaired) electrons. The van der Waals surface area contributed by atoms with Gasteiger partial charge in [0.25, 0.3) is 0 Å². The van der Waals surface area contributed by atoms with E-state index in [-0.39, 0.29) is 6.04 Å². The quantitative estimate of drug-likeness (QED) is 0.655. The van der Waals surface area contributed by atoms with E-state index in [1.807, 2.05) is 63.7 Å². The van der Waals surface area contributed by atoms with Crippen molar-refractivity contribution in [1.29, 1.82) is 0 Å². The Morgan fingerprint density at radius 3 is 1.96 bits per heavy atom. The number of quaternary nitrogens is 1. The number of carboxylic acid groups (broad SMARTS) is 1. The maximum absolute atomic E-state index is 11.7. The average molecular weight is 364 g/mol. The minimum absolute atomic E-state index is 0.000976. The number of aliphatic carboxylic acids is 1. The Morgan fingerprint density at radius 2 is 1.52 bits per heavy atom. The van der Waals surface area contributed by atoms with Crippen LogP contribution < -0.4 is 0 Å². The molecule has 0 saturated carbocycles. The van der Waals surface area contributed by atoms with E-state index in [9.17, 15) is 9.90 Å². The SMILES string of the molecule is C[N+](C)(C)[C@@H](Cc1cn(C(c2ccccc2)c2ccccc2)cn1)C(=O)O. The maximum atomic E-state index is 11.7. The van der Waals surface area contributed by atoms with Gasteiger partial charge in [0.1, 0.15) is 0 Å². The lowest BCUT2D eigenvalue weighted by atomic mass is 9.98. The second-order valence-corrected chi connectivity index (χ2v) is 7.71. The van der Waals surface area contributed by atoms with E-state index >= 15 is 0 Å². The molecule has 0 bridgehead atoms. The third-order valence-corrected chi connectivity index (χ3v) is 4.81. The first-order chi connectivity index (χ1) is 12.9. The van der Waals surface area contributed by atoms with E-state index in [1.54, 1.807) is 6.33 Å². The van der Waals surface area contributed by atoms with Gasteiger partial charge in [0.05, 0.1) is 45.6 Å². The second-order valence-electron chi connectivity index (χ2n) is 7.71. The Hall–Kier alpha value is -2.92. The van der Waals surface area contributed by atoms with Crippen molar-refractivity contribution >= 4 is 5.97 Å². The van der Waals surface area contributed by atoms with Crippen LogP contribution in [0.25, 0.3) is 0 Å². The lowest BCUT2D eigenvalue weighted by Gasteiger charge is -2.30. The summed E-state index contributed by atoms with van der Waals surface area (Å²) in [5.41, 5.74) is 3.11. The topological polar surface area (TPSA) is 55.1 Å². The zero-order chi connectivity index (χ0) is 19.4. The molecule has 0 aliphatic heterocycles. The predicted molar refractivity (Wildman–Crippen MR) is 106 cm³/mol. The Labute approximate surface area is 160 Å². The smallest absolute Gasteiger partial charge is 0.362 e. The molecule has 140 valence electrons. The fraction of sp³-hybridized carbons (Fsp3) is 0.273. The summed E-state index contributed by atoms with van der Waals surface area (Å²) in [5.74, 6) is -0.806. The van der Waals surface area contributed by atoms with Gasteiger partial charge in [-0.2, -0.15) is 0 Å². The van der Waals surface area contributed by atoms with Crippen molar-refractivity contribution in [3.63, 3.8) is 0 Å². The molecule has 0 amide bonds. The van der Waals surface area contributed by atoms with Crippen molar-refractivity contribution in [2.75, 3.05) is 21.1 Å². The Morgan fingerprint density at radius 1 is 1.00 bits per heavy atom. The highest BCUT2D eigenvalue weighted by Gasteiger charge is 2.32. The molecule has 3 rings (SSSR count). The maximum Gasteiger partial charge on any atom is 0.362 e. The Balaban J connectivity index is 1.95. The van der Waals surface area contributed by atoms with E-state index in [0.29, 0.717) is 10.9 Å². The van der Waals surface area contributed by atoms with Gasteiger partial charge in [0.2, 0.25) is 0 Å². The van der Waals surface area contributed by atoms with E-state index in [2.05, 4.69) is 33.8 Å². The average Bonchev–Trinajstić information content (AvgIpc) is 3.09. The van der Waals surface area contributed by atoms with Gasteiger partial charge in [0, 0.05) is 6.20 Å². The number of aromatic nitrogens is 2. The minimum atomic E-state index is -0.806. The molecule has 3 aromatic rings. The van der Waals surface area contributed by atoms with Crippen LogP contribution in [0.2, 0.25) is 0 Å². The number of hydrogen-bond donors (Lipinski definition) is 1. The van der Waals surface area contributed by atoms with Gasteiger partial charge < -0.3 is 14.2 Å². The Kier molecular flexibility index (Phi) is 5.42. The molecule has 5 nitrogen and oxygen atoms in total. The molecule has 2 aromatic carbocycles. The largest absolute Gasteiger partial charge is 0.477 e. The summed E-state index contributed by atoms with van der Waals surface area (Å²) in [7, 11) is 5.69. The Bertz CT molecular complexity index is 843. The minimum Gasteiger partial charge on any atom is -0.477 e. The molecule has 1 heterocycles. The molecule has 0 spiro atoms. The highest BCUT2D eigenvalue weighted by Crippen LogP contribution is 2.27. The molecule has 0 aliphatic rings. The van der Waals surface area contributed by atoms with Crippen LogP contribution in [-0.4, -0.2) is 52.3 Å². The first-order valence-electron chi connectivity index (χ1n) is 9.02. The van der Waals surface area contributed by atoms with Gasteiger partial charge in [-0.25, -0.2) is 9.78 Å². The zero-order valence-electron chi connectivity index (χ0n) is 16.0. The van der Waals surface area contributed by atoms with Crippen molar-refractivity contribution in [2.24, 2.45) is 0 Å². The summed E-state index contributed by atoms with van der Waals surface area (Å²) in [6.07, 6.45) is 4.16. The molecule has 1 atom stereocenters. The monoisotopic (exact) mass is 364 g/mol. The number of benzene rings is 2. The van der Waals surface area contributed by atoms with E-state index in [1.165, 1.54) is 0 Å². The normalized spacial score (nSPS) is 12.9. The first-order valence-corrected chi connectivity index (χ1v) is 9.02. The second kappa shape index (κ2) is 7.76. The lowest BCUT2D eigenvalue weighted by molar-refractivity contribution is -0.887. The summed E-state index contributed by atoms with van der Waals surface area (Å²) in [6.45, 7) is 0. The summed E-state index contributed by atoms with van der Waals surface area (Å²) in [6, 6.07) is 20.0. The van der Waals surface area contributed by atoms with Crippen molar-refractivity contribution in [3.05, 3.63) is 90.0 Å². The fourth-order valence-corrected chi connectivity index (χ4v) is 3.32. The van der Waals surface area contributed by atoms with E-state index in [4.69, 9.17) is 0 Å². The van der Waals surface area contributed by atoms with Crippen molar-refractivity contribution in [3.8, 4) is 0 Å². The molecule has 1 N–H and O–H groups in total. The number of nitrogens with zero attached hydrogens (tertiary/aromatic N) is 3. The van der Waals surface area contributed by atoms with Crippen molar-refractivity contribution < 1.29 is 14.4 Å². The number of rotatable bonds is 7. The predicted octanol–water partition coefficient (Wildman–Crippen LogP) is 3.22. The van der Waals surface area contributed by atoms with E-state index < -0.39 is 12.0 Å². The molecule has 0 saturated heterocycles. The fourth-order valence-electron chi connectivity index (χ4n) is 3.32. The highest BCUT2D eigenvalue weighted by molar-refractivity contribution is 5.72. The van der Waals surface area contributed by atoms with Gasteiger partial charge in [-0.05, 0) is 11.1 Å². The standard InChI is InChI=1S/C22H25N3O2/c1-25(2,3)20(22(26)27)14-19-15-24(16-23-19)21(17-10-6-4-7-11-17)18-12-8-5-9-13-18/h4-13,15-16,20-21H,14H2,1-3H3/p+1/t20-/m0/s1. The molecule has 0 unspecified atom stereocenters. The number of likely N-dealkylation sites (N-methyl/N-ethyl adjacent to an activating group) is 1. The van der Waals surface area contributed by atoms with Crippen LogP contribution in [0.5, 0.6) is 0 Å². The van der Waals surface area contributed by atoms with Crippen molar-refractivity contribution in [1.82, 2.24) is 9.55 Å². The molecule has 5 heteroatoms. The van der Waals surface area contributed by atoms with Gasteiger partial charge in [-0.3, -0.25) is 0 Å². The lowest BCUT2D eigenvalue weighted by Crippen LogP contribution is -2.51. The summed E-state index contributed by atoms with van der Waals surface area (Å²) < 4.78 is 2.41. The van der Waals surface area contributed by atoms with Crippen LogP contribution in [-0.2, 0) is 11.2 Å². The van der Waals surface area contributed by atoms with Crippen molar-refractivity contribution in [2.45, 2.75) is 18.5 Å². The van der Waals surface area contributed by atoms with Crippen LogP contribution in [0.4, 0.5) is 0 Å². The third-order valence-electron chi connectivity index (χ3n) is 4.81. The summed E-state index contributed by atoms with van der Waals surface area (Å²) in [4.78, 5) is 16.2. The number of carboxylic acids is 1. The third kappa shape index (κ3) is 4.44. The first kappa shape index (κ1) is 18.9. The van der Waals surface area contributed by atoms with Gasteiger partial charge >= 0.3 is 5.97 Å². The van der Waals surface area contributed by atoms with Crippen LogP contribution in [0, 0.1) is 0 Å². The van der Waals surface area contributed by atoms with E-state index in [0.717, 1.165) is 16.8 Å². The highest BCUT2D eigenvalue weighted by atomic mass is 16.4. The number of imidazole rings is 1. The van der Waals surface area contributed by atoms with Gasteiger partial charge in [-0.1, -0.05) is 60.7 Å². The molecular weight excluding hydrogens is 338 g/mol. The zero-order valence-corrected chi connectivity index (χ0v) is 16.0. The van der Waals surface area contributed by atoms with Crippen LogP contribution in [0.15, 0.2) is 73.2 Å². The molecule has 1 aromatic heterocycles. The number of hydrogen-bond acceptors (Lipinski definition) is 2. The summed E-state index contributed by atoms with van der Waals surface area (Å²) in [5, 5.41) is 9.59. The molecule has 27 heavy (non-hydrogen) atoms. The molecular formula is C22H26N3O2+. The van der Waals surface area contributed by atoms with Crippen LogP contribution in [0.3, 0.4) is 0 Å². The van der Waals surface area contributed by atoms with Crippen LogP contribution >= 0.6 is 0 Å². The molecule has 0 aliphatic carbocycles. The van der Waals surface area contributed by atoms with Gasteiger partial charge in [-0.15, -0.1) is 0 Å².